The molecule has 116 valence electrons. The van der Waals surface area contributed by atoms with Crippen LogP contribution in [0.1, 0.15) is 37.4 Å². The van der Waals surface area contributed by atoms with Crippen molar-refractivity contribution in [3.8, 4) is 0 Å². The van der Waals surface area contributed by atoms with E-state index in [-0.39, 0.29) is 11.8 Å². The van der Waals surface area contributed by atoms with E-state index < -0.39 is 12.1 Å². The Morgan fingerprint density at radius 3 is 2.19 bits per heavy atom. The number of aryl methyl sites for hydroxylation is 1. The maximum atomic E-state index is 12.2. The van der Waals surface area contributed by atoms with Crippen molar-refractivity contribution in [1.29, 1.82) is 0 Å². The van der Waals surface area contributed by atoms with E-state index in [1.165, 1.54) is 0 Å². The molecule has 5 nitrogen and oxygen atoms in total. The van der Waals surface area contributed by atoms with E-state index in [1.807, 2.05) is 45.0 Å². The number of rotatable bonds is 6. The van der Waals surface area contributed by atoms with Crippen LogP contribution in [0.4, 0.5) is 0 Å². The molecule has 0 heterocycles. The third-order valence-corrected chi connectivity index (χ3v) is 3.31. The van der Waals surface area contributed by atoms with E-state index in [4.69, 9.17) is 5.73 Å². The Balaban J connectivity index is 2.76. The molecule has 0 aliphatic heterocycles. The van der Waals surface area contributed by atoms with E-state index in [9.17, 15) is 9.59 Å². The standard InChI is InChI=1S/C16H25N3O2/c1-10(2)9-13(15(20)18-4)19-16(21)14(17)12-7-5-11(3)6-8-12/h5-8,10,13-14H,9,17H2,1-4H3,(H,18,20)(H,19,21). The van der Waals surface area contributed by atoms with Gasteiger partial charge in [0.2, 0.25) is 11.8 Å². The summed E-state index contributed by atoms with van der Waals surface area (Å²) >= 11 is 0. The Labute approximate surface area is 126 Å². The fourth-order valence-corrected chi connectivity index (χ4v) is 2.06. The summed E-state index contributed by atoms with van der Waals surface area (Å²) in [6.45, 7) is 5.98. The molecule has 0 spiro atoms. The molecule has 0 aliphatic carbocycles. The monoisotopic (exact) mass is 291 g/mol. The van der Waals surface area contributed by atoms with Gasteiger partial charge in [-0.3, -0.25) is 9.59 Å². The third kappa shape index (κ3) is 5.19. The van der Waals surface area contributed by atoms with E-state index in [2.05, 4.69) is 10.6 Å². The normalized spacial score (nSPS) is 13.6. The first kappa shape index (κ1) is 17.2. The highest BCUT2D eigenvalue weighted by molar-refractivity contribution is 5.90. The van der Waals surface area contributed by atoms with E-state index in [0.29, 0.717) is 12.3 Å². The Hall–Kier alpha value is -1.88. The number of amides is 2. The molecular formula is C16H25N3O2. The third-order valence-electron chi connectivity index (χ3n) is 3.31. The van der Waals surface area contributed by atoms with Crippen LogP contribution in [0.5, 0.6) is 0 Å². The zero-order valence-corrected chi connectivity index (χ0v) is 13.1. The molecule has 4 N–H and O–H groups in total. The summed E-state index contributed by atoms with van der Waals surface area (Å²) in [5.41, 5.74) is 7.81. The maximum absolute atomic E-state index is 12.2. The number of hydrogen-bond acceptors (Lipinski definition) is 3. The van der Waals surface area contributed by atoms with E-state index >= 15 is 0 Å². The zero-order valence-electron chi connectivity index (χ0n) is 13.1. The highest BCUT2D eigenvalue weighted by Gasteiger charge is 2.24. The van der Waals surface area contributed by atoms with Crippen molar-refractivity contribution in [2.45, 2.75) is 39.3 Å². The molecule has 0 aliphatic rings. The lowest BCUT2D eigenvalue weighted by Crippen LogP contribution is -2.49. The zero-order chi connectivity index (χ0) is 16.0. The second-order valence-corrected chi connectivity index (χ2v) is 5.69. The quantitative estimate of drug-likeness (QED) is 0.738. The van der Waals surface area contributed by atoms with Crippen molar-refractivity contribution in [3.63, 3.8) is 0 Å². The van der Waals surface area contributed by atoms with Crippen molar-refractivity contribution in [1.82, 2.24) is 10.6 Å². The molecule has 21 heavy (non-hydrogen) atoms. The summed E-state index contributed by atoms with van der Waals surface area (Å²) in [6, 6.07) is 6.15. The predicted octanol–water partition coefficient (Wildman–Crippen LogP) is 1.27. The molecule has 2 atom stereocenters. The minimum Gasteiger partial charge on any atom is -0.357 e. The van der Waals surface area contributed by atoms with Crippen LogP contribution in [0.2, 0.25) is 0 Å². The maximum Gasteiger partial charge on any atom is 0.242 e. The number of hydrogen-bond donors (Lipinski definition) is 3. The number of carbonyl (C=O) groups excluding carboxylic acids is 2. The van der Waals surface area contributed by atoms with Crippen LogP contribution in [-0.4, -0.2) is 24.9 Å². The van der Waals surface area contributed by atoms with Crippen LogP contribution in [0.3, 0.4) is 0 Å². The summed E-state index contributed by atoms with van der Waals surface area (Å²) < 4.78 is 0. The summed E-state index contributed by atoms with van der Waals surface area (Å²) in [6.07, 6.45) is 0.575. The molecule has 0 saturated heterocycles. The molecule has 0 fully saturated rings. The number of carbonyl (C=O) groups is 2. The molecule has 0 bridgehead atoms. The molecule has 2 unspecified atom stereocenters. The summed E-state index contributed by atoms with van der Waals surface area (Å²) in [5.74, 6) is -0.246. The van der Waals surface area contributed by atoms with Crippen molar-refractivity contribution in [2.75, 3.05) is 7.05 Å². The van der Waals surface area contributed by atoms with Crippen LogP contribution in [0, 0.1) is 12.8 Å². The van der Waals surface area contributed by atoms with Crippen LogP contribution < -0.4 is 16.4 Å². The molecule has 5 heteroatoms. The highest BCUT2D eigenvalue weighted by Crippen LogP contribution is 2.13. The van der Waals surface area contributed by atoms with Crippen LogP contribution in [-0.2, 0) is 9.59 Å². The minimum atomic E-state index is -0.773. The molecule has 0 radical (unpaired) electrons. The summed E-state index contributed by atoms with van der Waals surface area (Å²) in [5, 5.41) is 5.30. The molecular weight excluding hydrogens is 266 g/mol. The van der Waals surface area contributed by atoms with Gasteiger partial charge in [-0.15, -0.1) is 0 Å². The Morgan fingerprint density at radius 2 is 1.71 bits per heavy atom. The van der Waals surface area contributed by atoms with E-state index in [0.717, 1.165) is 11.1 Å². The highest BCUT2D eigenvalue weighted by atomic mass is 16.2. The predicted molar refractivity (Wildman–Crippen MR) is 83.6 cm³/mol. The molecule has 1 aromatic rings. The average Bonchev–Trinajstić information content (AvgIpc) is 2.45. The largest absolute Gasteiger partial charge is 0.357 e. The topological polar surface area (TPSA) is 84.2 Å². The van der Waals surface area contributed by atoms with Gasteiger partial charge in [0.05, 0.1) is 0 Å². The number of benzene rings is 1. The van der Waals surface area contributed by atoms with Crippen LogP contribution in [0.25, 0.3) is 0 Å². The van der Waals surface area contributed by atoms with Gasteiger partial charge in [0.1, 0.15) is 12.1 Å². The van der Waals surface area contributed by atoms with Crippen molar-refractivity contribution < 1.29 is 9.59 Å². The first-order valence-corrected chi connectivity index (χ1v) is 7.19. The summed E-state index contributed by atoms with van der Waals surface area (Å²) in [7, 11) is 1.56. The van der Waals surface area contributed by atoms with Gasteiger partial charge in [-0.25, -0.2) is 0 Å². The van der Waals surface area contributed by atoms with Gasteiger partial charge >= 0.3 is 0 Å². The Kier molecular flexibility index (Phi) is 6.37. The molecule has 1 rings (SSSR count). The second-order valence-electron chi connectivity index (χ2n) is 5.69. The lowest BCUT2D eigenvalue weighted by Gasteiger charge is -2.21. The summed E-state index contributed by atoms with van der Waals surface area (Å²) in [4.78, 5) is 24.0. The first-order valence-electron chi connectivity index (χ1n) is 7.19. The number of likely N-dealkylation sites (N-methyl/N-ethyl adjacent to an activating group) is 1. The first-order chi connectivity index (χ1) is 9.85. The van der Waals surface area contributed by atoms with Crippen LogP contribution >= 0.6 is 0 Å². The molecule has 1 aromatic carbocycles. The van der Waals surface area contributed by atoms with Gasteiger partial charge in [0.25, 0.3) is 0 Å². The fraction of sp³-hybridized carbons (Fsp3) is 0.500. The van der Waals surface area contributed by atoms with Crippen molar-refractivity contribution >= 4 is 11.8 Å². The van der Waals surface area contributed by atoms with Crippen molar-refractivity contribution in [3.05, 3.63) is 35.4 Å². The minimum absolute atomic E-state index is 0.201. The average molecular weight is 291 g/mol. The SMILES string of the molecule is CNC(=O)C(CC(C)C)NC(=O)C(N)c1ccc(C)cc1. The lowest BCUT2D eigenvalue weighted by atomic mass is 10.0. The van der Waals surface area contributed by atoms with Gasteiger partial charge < -0.3 is 16.4 Å². The van der Waals surface area contributed by atoms with Crippen molar-refractivity contribution in [2.24, 2.45) is 11.7 Å². The Morgan fingerprint density at radius 1 is 1.14 bits per heavy atom. The van der Waals surface area contributed by atoms with Gasteiger partial charge in [-0.1, -0.05) is 43.7 Å². The molecule has 2 amide bonds. The number of nitrogens with one attached hydrogen (secondary N) is 2. The van der Waals surface area contributed by atoms with Gasteiger partial charge in [0, 0.05) is 7.05 Å². The molecule has 0 saturated carbocycles. The van der Waals surface area contributed by atoms with Gasteiger partial charge in [-0.2, -0.15) is 0 Å². The molecule has 0 aromatic heterocycles. The fourth-order valence-electron chi connectivity index (χ4n) is 2.06. The number of nitrogens with two attached hydrogens (primary N) is 1. The van der Waals surface area contributed by atoms with Gasteiger partial charge in [-0.05, 0) is 24.8 Å². The Bertz CT molecular complexity index is 483. The van der Waals surface area contributed by atoms with E-state index in [1.54, 1.807) is 7.05 Å². The second kappa shape index (κ2) is 7.78. The van der Waals surface area contributed by atoms with Gasteiger partial charge in [0.15, 0.2) is 0 Å². The van der Waals surface area contributed by atoms with Crippen LogP contribution in [0.15, 0.2) is 24.3 Å². The smallest absolute Gasteiger partial charge is 0.242 e. The lowest BCUT2D eigenvalue weighted by molar-refractivity contribution is -0.129.